The molecule has 1 unspecified atom stereocenters. The third-order valence-corrected chi connectivity index (χ3v) is 4.77. The van der Waals surface area contributed by atoms with Gasteiger partial charge >= 0.3 is 0 Å². The van der Waals surface area contributed by atoms with E-state index in [-0.39, 0.29) is 0 Å². The average molecular weight is 299 g/mol. The van der Waals surface area contributed by atoms with Crippen LogP contribution in [0.5, 0.6) is 0 Å². The molecule has 0 fully saturated rings. The smallest absolute Gasteiger partial charge is 0.0292 e. The first-order chi connectivity index (χ1) is 10.2. The maximum atomic E-state index is 3.47. The number of benzene rings is 2. The molecule has 0 heterocycles. The minimum Gasteiger partial charge on any atom is -0.310 e. The monoisotopic (exact) mass is 299 g/mol. The third-order valence-electron chi connectivity index (χ3n) is 3.71. The highest BCUT2D eigenvalue weighted by atomic mass is 32.2. The van der Waals surface area contributed by atoms with Crippen LogP contribution in [0, 0.1) is 0 Å². The van der Waals surface area contributed by atoms with Crippen molar-refractivity contribution in [2.75, 3.05) is 6.54 Å². The lowest BCUT2D eigenvalue weighted by Crippen LogP contribution is -2.17. The lowest BCUT2D eigenvalue weighted by atomic mass is 10.1. The summed E-state index contributed by atoms with van der Waals surface area (Å²) in [5.74, 6) is 1.03. The van der Waals surface area contributed by atoms with E-state index in [0.29, 0.717) is 6.04 Å². The fourth-order valence-corrected chi connectivity index (χ4v) is 3.26. The van der Waals surface area contributed by atoms with Gasteiger partial charge in [0.25, 0.3) is 0 Å². The van der Waals surface area contributed by atoms with Gasteiger partial charge in [0, 0.05) is 16.7 Å². The molecule has 21 heavy (non-hydrogen) atoms. The van der Waals surface area contributed by atoms with Crippen LogP contribution in [0.25, 0.3) is 0 Å². The average Bonchev–Trinajstić information content (AvgIpc) is 2.54. The normalized spacial score (nSPS) is 12.3. The zero-order valence-electron chi connectivity index (χ0n) is 13.2. The molecule has 2 aromatic carbocycles. The topological polar surface area (TPSA) is 12.0 Å². The van der Waals surface area contributed by atoms with E-state index in [0.717, 1.165) is 18.7 Å². The molecule has 0 aliphatic carbocycles. The fourth-order valence-electron chi connectivity index (χ4n) is 2.34. The molecule has 1 nitrogen and oxygen atoms in total. The van der Waals surface area contributed by atoms with E-state index in [9.17, 15) is 0 Å². The molecule has 0 amide bonds. The number of aryl methyl sites for hydroxylation is 1. The Morgan fingerprint density at radius 3 is 2.38 bits per heavy atom. The minimum atomic E-state index is 0.416. The van der Waals surface area contributed by atoms with Crippen LogP contribution >= 0.6 is 11.8 Å². The first kappa shape index (κ1) is 16.1. The van der Waals surface area contributed by atoms with Gasteiger partial charge in [-0.05, 0) is 48.7 Å². The van der Waals surface area contributed by atoms with Gasteiger partial charge in [-0.25, -0.2) is 0 Å². The summed E-state index contributed by atoms with van der Waals surface area (Å²) >= 11 is 1.91. The second-order valence-corrected chi connectivity index (χ2v) is 6.36. The number of rotatable bonds is 7. The van der Waals surface area contributed by atoms with Crippen LogP contribution in [0.4, 0.5) is 0 Å². The van der Waals surface area contributed by atoms with Crippen molar-refractivity contribution >= 4 is 11.8 Å². The van der Waals surface area contributed by atoms with Gasteiger partial charge in [0.1, 0.15) is 0 Å². The fraction of sp³-hybridized carbons (Fsp3) is 0.368. The summed E-state index contributed by atoms with van der Waals surface area (Å²) in [6, 6.07) is 18.2. The van der Waals surface area contributed by atoms with E-state index >= 15 is 0 Å². The van der Waals surface area contributed by atoms with Crippen molar-refractivity contribution in [1.82, 2.24) is 5.32 Å². The van der Waals surface area contributed by atoms with E-state index in [1.807, 2.05) is 11.8 Å². The summed E-state index contributed by atoms with van der Waals surface area (Å²) in [6.45, 7) is 7.56. The van der Waals surface area contributed by atoms with Crippen LogP contribution in [0.15, 0.2) is 53.4 Å². The Labute approximate surface area is 133 Å². The van der Waals surface area contributed by atoms with Gasteiger partial charge in [0.05, 0.1) is 0 Å². The van der Waals surface area contributed by atoms with Gasteiger partial charge in [0.15, 0.2) is 0 Å². The van der Waals surface area contributed by atoms with Crippen molar-refractivity contribution < 1.29 is 0 Å². The van der Waals surface area contributed by atoms with Crippen LogP contribution in [-0.4, -0.2) is 6.54 Å². The Kier molecular flexibility index (Phi) is 6.34. The van der Waals surface area contributed by atoms with Gasteiger partial charge < -0.3 is 5.32 Å². The number of thioether (sulfide) groups is 1. The largest absolute Gasteiger partial charge is 0.310 e. The molecule has 1 N–H and O–H groups in total. The quantitative estimate of drug-likeness (QED) is 0.704. The molecule has 0 saturated carbocycles. The van der Waals surface area contributed by atoms with Crippen LogP contribution in [0.1, 0.15) is 43.5 Å². The predicted octanol–water partition coefficient (Wildman–Crippen LogP) is 5.21. The maximum Gasteiger partial charge on any atom is 0.0292 e. The van der Waals surface area contributed by atoms with Gasteiger partial charge in [0.2, 0.25) is 0 Å². The standard InChI is InChI=1S/C19H25NS/c1-4-16-9-11-17(12-10-16)14-21-19-8-6-7-18(13-19)15(3)20-5-2/h6-13,15,20H,4-5,14H2,1-3H3. The van der Waals surface area contributed by atoms with E-state index in [1.165, 1.54) is 21.6 Å². The molecule has 0 saturated heterocycles. The lowest BCUT2D eigenvalue weighted by Gasteiger charge is -2.13. The van der Waals surface area contributed by atoms with E-state index < -0.39 is 0 Å². The molecule has 0 aliphatic heterocycles. The van der Waals surface area contributed by atoms with E-state index in [4.69, 9.17) is 0 Å². The van der Waals surface area contributed by atoms with Crippen LogP contribution in [-0.2, 0) is 12.2 Å². The highest BCUT2D eigenvalue weighted by molar-refractivity contribution is 7.98. The second kappa shape index (κ2) is 8.26. The van der Waals surface area contributed by atoms with E-state index in [2.05, 4.69) is 74.6 Å². The molecular weight excluding hydrogens is 274 g/mol. The van der Waals surface area contributed by atoms with Crippen molar-refractivity contribution in [1.29, 1.82) is 0 Å². The van der Waals surface area contributed by atoms with Crippen molar-refractivity contribution in [3.05, 3.63) is 65.2 Å². The maximum absolute atomic E-state index is 3.47. The molecule has 0 radical (unpaired) electrons. The summed E-state index contributed by atoms with van der Waals surface area (Å²) < 4.78 is 0. The summed E-state index contributed by atoms with van der Waals surface area (Å²) in [5, 5.41) is 3.47. The van der Waals surface area contributed by atoms with E-state index in [1.54, 1.807) is 0 Å². The van der Waals surface area contributed by atoms with Gasteiger partial charge in [-0.2, -0.15) is 0 Å². The van der Waals surface area contributed by atoms with Crippen molar-refractivity contribution in [3.8, 4) is 0 Å². The Bertz CT molecular complexity index is 548. The molecule has 0 aliphatic rings. The summed E-state index contributed by atoms with van der Waals surface area (Å²) in [6.07, 6.45) is 1.11. The molecule has 0 spiro atoms. The Hall–Kier alpha value is -1.25. The van der Waals surface area contributed by atoms with Gasteiger partial charge in [-0.3, -0.25) is 0 Å². The van der Waals surface area contributed by atoms with Gasteiger partial charge in [-0.1, -0.05) is 50.2 Å². The minimum absolute atomic E-state index is 0.416. The highest BCUT2D eigenvalue weighted by Crippen LogP contribution is 2.25. The Morgan fingerprint density at radius 2 is 1.71 bits per heavy atom. The van der Waals surface area contributed by atoms with Crippen molar-refractivity contribution in [3.63, 3.8) is 0 Å². The zero-order chi connectivity index (χ0) is 15.1. The Balaban J connectivity index is 1.97. The highest BCUT2D eigenvalue weighted by Gasteiger charge is 2.04. The summed E-state index contributed by atoms with van der Waals surface area (Å²) in [7, 11) is 0. The predicted molar refractivity (Wildman–Crippen MR) is 93.9 cm³/mol. The first-order valence-corrected chi connectivity index (χ1v) is 8.75. The number of hydrogen-bond donors (Lipinski definition) is 1. The molecule has 112 valence electrons. The number of nitrogens with one attached hydrogen (secondary N) is 1. The summed E-state index contributed by atoms with van der Waals surface area (Å²) in [4.78, 5) is 1.34. The molecule has 0 bridgehead atoms. The number of hydrogen-bond acceptors (Lipinski definition) is 2. The van der Waals surface area contributed by atoms with Crippen LogP contribution < -0.4 is 5.32 Å². The molecule has 0 aromatic heterocycles. The molecule has 2 rings (SSSR count). The second-order valence-electron chi connectivity index (χ2n) is 5.31. The van der Waals surface area contributed by atoms with Crippen LogP contribution in [0.2, 0.25) is 0 Å². The molecular formula is C19H25NS. The summed E-state index contributed by atoms with van der Waals surface area (Å²) in [5.41, 5.74) is 4.16. The SMILES string of the molecule is CCNC(C)c1cccc(SCc2ccc(CC)cc2)c1. The molecule has 1 atom stereocenters. The van der Waals surface area contributed by atoms with Gasteiger partial charge in [-0.15, -0.1) is 11.8 Å². The lowest BCUT2D eigenvalue weighted by molar-refractivity contribution is 0.597. The third kappa shape index (κ3) is 4.90. The van der Waals surface area contributed by atoms with Crippen molar-refractivity contribution in [2.24, 2.45) is 0 Å². The molecule has 2 aromatic rings. The molecule has 2 heteroatoms. The zero-order valence-corrected chi connectivity index (χ0v) is 14.0. The first-order valence-electron chi connectivity index (χ1n) is 7.77. The van der Waals surface area contributed by atoms with Crippen LogP contribution in [0.3, 0.4) is 0 Å². The Morgan fingerprint density at radius 1 is 1.00 bits per heavy atom. The van der Waals surface area contributed by atoms with Crippen molar-refractivity contribution in [2.45, 2.75) is 43.9 Å².